The van der Waals surface area contributed by atoms with Crippen molar-refractivity contribution < 1.29 is 14.5 Å². The summed E-state index contributed by atoms with van der Waals surface area (Å²) in [5.74, 6) is -0.590. The van der Waals surface area contributed by atoms with Crippen LogP contribution in [0.15, 0.2) is 36.7 Å². The number of nitro groups is 1. The molecule has 2 rings (SSSR count). The molecular weight excluding hydrogens is 274 g/mol. The molecule has 1 aromatic carbocycles. The first kappa shape index (κ1) is 14.1. The van der Waals surface area contributed by atoms with Crippen molar-refractivity contribution in [3.63, 3.8) is 0 Å². The Morgan fingerprint density at radius 3 is 2.76 bits per heavy atom. The van der Waals surface area contributed by atoms with E-state index in [0.717, 1.165) is 0 Å². The molecule has 0 aliphatic rings. The fourth-order valence-corrected chi connectivity index (χ4v) is 1.80. The Bertz CT molecular complexity index is 765. The number of hydrogen-bond acceptors (Lipinski definition) is 5. The smallest absolute Gasteiger partial charge is 0.339 e. The van der Waals surface area contributed by atoms with Crippen LogP contribution in [0, 0.1) is 16.7 Å². The summed E-state index contributed by atoms with van der Waals surface area (Å²) in [6.45, 7) is 6.99. The minimum atomic E-state index is -0.590. The van der Waals surface area contributed by atoms with Crippen LogP contribution in [-0.4, -0.2) is 23.0 Å². The molecule has 0 saturated heterocycles. The van der Waals surface area contributed by atoms with Gasteiger partial charge in [-0.1, -0.05) is 0 Å². The first-order valence-corrected chi connectivity index (χ1v) is 5.76. The van der Waals surface area contributed by atoms with Crippen LogP contribution < -0.4 is 0 Å². The highest BCUT2D eigenvalue weighted by Gasteiger charge is 2.17. The van der Waals surface area contributed by atoms with E-state index in [1.807, 2.05) is 0 Å². The summed E-state index contributed by atoms with van der Waals surface area (Å²) in [6.07, 6.45) is 2.70. The van der Waals surface area contributed by atoms with Gasteiger partial charge in [-0.2, -0.15) is 0 Å². The van der Waals surface area contributed by atoms with E-state index < -0.39 is 10.9 Å². The Morgan fingerprint density at radius 1 is 1.38 bits per heavy atom. The molecule has 0 aliphatic carbocycles. The molecule has 7 heteroatoms. The van der Waals surface area contributed by atoms with Gasteiger partial charge < -0.3 is 4.74 Å². The number of carbonyl (C=O) groups excluding carboxylic acids is 1. The van der Waals surface area contributed by atoms with Crippen molar-refractivity contribution in [1.29, 1.82) is 0 Å². The van der Waals surface area contributed by atoms with Gasteiger partial charge in [0.05, 0.1) is 29.7 Å². The van der Waals surface area contributed by atoms with Crippen molar-refractivity contribution in [3.8, 4) is 11.1 Å². The van der Waals surface area contributed by atoms with Gasteiger partial charge >= 0.3 is 5.97 Å². The number of rotatable bonds is 3. The number of nitrogens with zero attached hydrogens (tertiary/aromatic N) is 3. The highest BCUT2D eigenvalue weighted by Crippen LogP contribution is 2.33. The summed E-state index contributed by atoms with van der Waals surface area (Å²) in [7, 11) is 1.23. The topological polar surface area (TPSA) is 86.7 Å². The zero-order chi connectivity index (χ0) is 15.4. The molecule has 0 aliphatic heterocycles. The number of pyridine rings is 1. The van der Waals surface area contributed by atoms with Crippen LogP contribution in [0.1, 0.15) is 10.4 Å². The van der Waals surface area contributed by atoms with Crippen molar-refractivity contribution >= 4 is 17.3 Å². The predicted octanol–water partition coefficient (Wildman–Crippen LogP) is 2.99. The van der Waals surface area contributed by atoms with Gasteiger partial charge in [0.25, 0.3) is 5.69 Å². The van der Waals surface area contributed by atoms with Gasteiger partial charge in [0.2, 0.25) is 0 Å². The second-order valence-electron chi connectivity index (χ2n) is 4.02. The summed E-state index contributed by atoms with van der Waals surface area (Å²) in [6, 6.07) is 5.46. The Labute approximate surface area is 119 Å². The van der Waals surface area contributed by atoms with E-state index in [4.69, 9.17) is 6.57 Å². The van der Waals surface area contributed by atoms with Crippen LogP contribution in [0.2, 0.25) is 0 Å². The molecule has 0 amide bonds. The fraction of sp³-hybridized carbons (Fsp3) is 0.0714. The molecule has 1 aromatic heterocycles. The van der Waals surface area contributed by atoms with Gasteiger partial charge in [-0.05, 0) is 18.2 Å². The van der Waals surface area contributed by atoms with Crippen LogP contribution in [0.5, 0.6) is 0 Å². The molecule has 0 radical (unpaired) electrons. The van der Waals surface area contributed by atoms with E-state index in [9.17, 15) is 14.9 Å². The van der Waals surface area contributed by atoms with Crippen molar-refractivity contribution in [2.75, 3.05) is 7.11 Å². The zero-order valence-corrected chi connectivity index (χ0v) is 10.9. The quantitative estimate of drug-likeness (QED) is 0.374. The molecule has 0 saturated carbocycles. The zero-order valence-electron chi connectivity index (χ0n) is 10.9. The van der Waals surface area contributed by atoms with Crippen molar-refractivity contribution in [2.24, 2.45) is 0 Å². The molecule has 104 valence electrons. The average Bonchev–Trinajstić information content (AvgIpc) is 2.53. The molecule has 0 unspecified atom stereocenters. The van der Waals surface area contributed by atoms with Crippen LogP contribution >= 0.6 is 0 Å². The molecular formula is C14H9N3O4. The standard InChI is InChI=1S/C14H9N3O4/c1-15-11-3-4-13(17(19)20)12(6-11)9-5-10(8-16-7-9)14(18)21-2/h3-8H,2H3. The molecule has 21 heavy (non-hydrogen) atoms. The Kier molecular flexibility index (Phi) is 3.90. The van der Waals surface area contributed by atoms with E-state index in [-0.39, 0.29) is 22.5 Å². The number of benzene rings is 1. The maximum absolute atomic E-state index is 11.5. The SMILES string of the molecule is [C-]#[N+]c1ccc([N+](=O)[O-])c(-c2cncc(C(=O)OC)c2)c1. The van der Waals surface area contributed by atoms with Gasteiger partial charge in [-0.15, -0.1) is 0 Å². The lowest BCUT2D eigenvalue weighted by molar-refractivity contribution is -0.384. The minimum absolute atomic E-state index is 0.161. The van der Waals surface area contributed by atoms with Crippen molar-refractivity contribution in [2.45, 2.75) is 0 Å². The fourth-order valence-electron chi connectivity index (χ4n) is 1.80. The van der Waals surface area contributed by atoms with Crippen LogP contribution in [0.4, 0.5) is 11.4 Å². The summed E-state index contributed by atoms with van der Waals surface area (Å²) in [5.41, 5.74) is 0.879. The van der Waals surface area contributed by atoms with Gasteiger partial charge in [0, 0.05) is 24.0 Å². The second-order valence-corrected chi connectivity index (χ2v) is 4.02. The third-order valence-corrected chi connectivity index (χ3v) is 2.78. The number of nitro benzene ring substituents is 1. The van der Waals surface area contributed by atoms with Gasteiger partial charge in [-0.3, -0.25) is 15.1 Å². The summed E-state index contributed by atoms with van der Waals surface area (Å²) >= 11 is 0. The number of methoxy groups -OCH3 is 1. The summed E-state index contributed by atoms with van der Waals surface area (Å²) in [4.78, 5) is 29.2. The van der Waals surface area contributed by atoms with Crippen molar-refractivity contribution in [3.05, 3.63) is 63.8 Å². The predicted molar refractivity (Wildman–Crippen MR) is 73.9 cm³/mol. The maximum atomic E-state index is 11.5. The number of carbonyl (C=O) groups is 1. The third-order valence-electron chi connectivity index (χ3n) is 2.78. The van der Waals surface area contributed by atoms with E-state index in [1.54, 1.807) is 0 Å². The molecule has 0 bridgehead atoms. The van der Waals surface area contributed by atoms with Crippen LogP contribution in [-0.2, 0) is 4.74 Å². The van der Waals surface area contributed by atoms with Crippen LogP contribution in [0.25, 0.3) is 16.0 Å². The lowest BCUT2D eigenvalue weighted by Gasteiger charge is -2.05. The lowest BCUT2D eigenvalue weighted by atomic mass is 10.0. The first-order valence-electron chi connectivity index (χ1n) is 5.76. The Morgan fingerprint density at radius 2 is 2.14 bits per heavy atom. The Balaban J connectivity index is 2.63. The van der Waals surface area contributed by atoms with E-state index >= 15 is 0 Å². The average molecular weight is 283 g/mol. The normalized spacial score (nSPS) is 9.71. The van der Waals surface area contributed by atoms with Crippen LogP contribution in [0.3, 0.4) is 0 Å². The molecule has 0 atom stereocenters. The number of ether oxygens (including phenoxy) is 1. The third kappa shape index (κ3) is 2.84. The molecule has 7 nitrogen and oxygen atoms in total. The molecule has 1 heterocycles. The molecule has 0 spiro atoms. The number of esters is 1. The lowest BCUT2D eigenvalue weighted by Crippen LogP contribution is -2.02. The molecule has 0 fully saturated rings. The van der Waals surface area contributed by atoms with Gasteiger partial charge in [0.1, 0.15) is 0 Å². The Hall–Kier alpha value is -3.27. The summed E-state index contributed by atoms with van der Waals surface area (Å²) < 4.78 is 4.59. The highest BCUT2D eigenvalue weighted by atomic mass is 16.6. The highest BCUT2D eigenvalue weighted by molar-refractivity contribution is 5.91. The monoisotopic (exact) mass is 283 g/mol. The second kappa shape index (κ2) is 5.79. The van der Waals surface area contributed by atoms with Gasteiger partial charge in [0.15, 0.2) is 5.69 Å². The molecule has 2 aromatic rings. The minimum Gasteiger partial charge on any atom is -0.465 e. The summed E-state index contributed by atoms with van der Waals surface area (Å²) in [5, 5.41) is 11.1. The largest absolute Gasteiger partial charge is 0.465 e. The first-order chi connectivity index (χ1) is 10.1. The van der Waals surface area contributed by atoms with E-state index in [0.29, 0.717) is 5.56 Å². The molecule has 0 N–H and O–H groups in total. The maximum Gasteiger partial charge on any atom is 0.339 e. The number of aromatic nitrogens is 1. The number of hydrogen-bond donors (Lipinski definition) is 0. The van der Waals surface area contributed by atoms with E-state index in [2.05, 4.69) is 14.6 Å². The van der Waals surface area contributed by atoms with Crippen molar-refractivity contribution in [1.82, 2.24) is 4.98 Å². The van der Waals surface area contributed by atoms with Gasteiger partial charge in [-0.25, -0.2) is 9.64 Å². The van der Waals surface area contributed by atoms with E-state index in [1.165, 1.54) is 43.8 Å².